The quantitative estimate of drug-likeness (QED) is 0.579. The van der Waals surface area contributed by atoms with Crippen LogP contribution in [0, 0.1) is 12.7 Å². The lowest BCUT2D eigenvalue weighted by molar-refractivity contribution is 0.0953. The molecule has 1 aromatic heterocycles. The molecule has 1 heterocycles. The predicted octanol–water partition coefficient (Wildman–Crippen LogP) is 4.46. The fourth-order valence-corrected chi connectivity index (χ4v) is 3.66. The molecule has 3 aromatic rings. The van der Waals surface area contributed by atoms with E-state index in [4.69, 9.17) is 9.15 Å². The van der Waals surface area contributed by atoms with Gasteiger partial charge in [-0.2, -0.15) is 5.10 Å². The van der Waals surface area contributed by atoms with E-state index in [0.717, 1.165) is 6.42 Å². The highest BCUT2D eigenvalue weighted by Gasteiger charge is 2.28. The molecule has 0 saturated heterocycles. The predicted molar refractivity (Wildman–Crippen MR) is 118 cm³/mol. The molecule has 1 aliphatic carbocycles. The van der Waals surface area contributed by atoms with E-state index in [1.54, 1.807) is 50.4 Å². The van der Waals surface area contributed by atoms with E-state index in [0.29, 0.717) is 46.8 Å². The number of nitrogens with one attached hydrogen (secondary N) is 2. The molecule has 0 spiro atoms. The molecular formula is C24H22FN3O4. The van der Waals surface area contributed by atoms with Crippen molar-refractivity contribution in [1.29, 1.82) is 0 Å². The number of hydrazone groups is 1. The Morgan fingerprint density at radius 3 is 2.53 bits per heavy atom. The summed E-state index contributed by atoms with van der Waals surface area (Å²) in [7, 11) is 1.56. The molecule has 0 fully saturated rings. The van der Waals surface area contributed by atoms with Gasteiger partial charge in [-0.3, -0.25) is 9.59 Å². The number of aryl methyl sites for hydroxylation is 1. The molecule has 0 aliphatic heterocycles. The maximum absolute atomic E-state index is 13.9. The van der Waals surface area contributed by atoms with Crippen molar-refractivity contribution in [3.8, 4) is 5.75 Å². The number of methoxy groups -OCH3 is 1. The molecule has 7 nitrogen and oxygen atoms in total. The van der Waals surface area contributed by atoms with Crippen molar-refractivity contribution >= 4 is 23.2 Å². The van der Waals surface area contributed by atoms with Crippen LogP contribution in [0.5, 0.6) is 5.75 Å². The Morgan fingerprint density at radius 1 is 1.06 bits per heavy atom. The average Bonchev–Trinajstić information content (AvgIpc) is 3.16. The Hall–Kier alpha value is -3.94. The van der Waals surface area contributed by atoms with Crippen LogP contribution in [0.1, 0.15) is 50.6 Å². The number of halogens is 1. The van der Waals surface area contributed by atoms with Gasteiger partial charge < -0.3 is 14.5 Å². The molecular weight excluding hydrogens is 413 g/mol. The second kappa shape index (κ2) is 9.05. The first kappa shape index (κ1) is 21.3. The molecule has 0 saturated carbocycles. The van der Waals surface area contributed by atoms with Gasteiger partial charge in [0.25, 0.3) is 11.8 Å². The SMILES string of the molecule is COc1ccc(C(=O)N/N=C2\CCCc3oc(C(=O)Nc4ccccc4F)c(C)c32)cc1. The summed E-state index contributed by atoms with van der Waals surface area (Å²) in [5.74, 6) is -0.0351. The minimum absolute atomic E-state index is 0.0758. The van der Waals surface area contributed by atoms with Crippen LogP contribution in [-0.2, 0) is 6.42 Å². The number of rotatable bonds is 5. The molecule has 0 bridgehead atoms. The number of nitrogens with zero attached hydrogens (tertiary/aromatic N) is 1. The summed E-state index contributed by atoms with van der Waals surface area (Å²) in [5.41, 5.74) is 5.05. The van der Waals surface area contributed by atoms with Crippen LogP contribution >= 0.6 is 0 Å². The van der Waals surface area contributed by atoms with Crippen LogP contribution in [0.2, 0.25) is 0 Å². The van der Waals surface area contributed by atoms with Gasteiger partial charge in [0.2, 0.25) is 0 Å². The first-order valence-corrected chi connectivity index (χ1v) is 10.2. The normalized spacial score (nSPS) is 14.0. The van der Waals surface area contributed by atoms with Gasteiger partial charge in [-0.1, -0.05) is 12.1 Å². The molecule has 0 atom stereocenters. The van der Waals surface area contributed by atoms with Crippen molar-refractivity contribution in [3.63, 3.8) is 0 Å². The maximum Gasteiger partial charge on any atom is 0.291 e. The molecule has 0 radical (unpaired) electrons. The van der Waals surface area contributed by atoms with Gasteiger partial charge in [-0.15, -0.1) is 0 Å². The lowest BCUT2D eigenvalue weighted by atomic mass is 9.93. The highest BCUT2D eigenvalue weighted by molar-refractivity contribution is 6.09. The molecule has 2 N–H and O–H groups in total. The number of carbonyl (C=O) groups is 2. The van der Waals surface area contributed by atoms with E-state index in [-0.39, 0.29) is 17.4 Å². The summed E-state index contributed by atoms with van der Waals surface area (Å²) in [6, 6.07) is 12.6. The number of amides is 2. The van der Waals surface area contributed by atoms with E-state index in [2.05, 4.69) is 15.8 Å². The number of furan rings is 1. The molecule has 164 valence electrons. The largest absolute Gasteiger partial charge is 0.497 e. The van der Waals surface area contributed by atoms with E-state index in [1.165, 1.54) is 12.1 Å². The van der Waals surface area contributed by atoms with Crippen molar-refractivity contribution in [3.05, 3.63) is 82.6 Å². The first-order valence-electron chi connectivity index (χ1n) is 10.2. The zero-order valence-corrected chi connectivity index (χ0v) is 17.7. The third-order valence-corrected chi connectivity index (χ3v) is 5.30. The highest BCUT2D eigenvalue weighted by atomic mass is 19.1. The number of para-hydroxylation sites is 1. The van der Waals surface area contributed by atoms with E-state index in [9.17, 15) is 14.0 Å². The summed E-state index contributed by atoms with van der Waals surface area (Å²) in [4.78, 5) is 25.2. The van der Waals surface area contributed by atoms with E-state index in [1.807, 2.05) is 0 Å². The lowest BCUT2D eigenvalue weighted by Crippen LogP contribution is -2.22. The fraction of sp³-hybridized carbons (Fsp3) is 0.208. The maximum atomic E-state index is 13.9. The van der Waals surface area contributed by atoms with E-state index >= 15 is 0 Å². The summed E-state index contributed by atoms with van der Waals surface area (Å²) in [6.07, 6.45) is 2.05. The zero-order valence-electron chi connectivity index (χ0n) is 17.7. The number of carbonyl (C=O) groups excluding carboxylic acids is 2. The van der Waals surface area contributed by atoms with Gasteiger partial charge >= 0.3 is 0 Å². The Labute approximate surface area is 184 Å². The van der Waals surface area contributed by atoms with Crippen molar-refractivity contribution in [2.75, 3.05) is 12.4 Å². The molecule has 2 amide bonds. The van der Waals surface area contributed by atoms with Crippen molar-refractivity contribution in [2.24, 2.45) is 5.10 Å². The summed E-state index contributed by atoms with van der Waals surface area (Å²) in [5, 5.41) is 6.85. The molecule has 1 aliphatic rings. The Bertz CT molecular complexity index is 1200. The topological polar surface area (TPSA) is 92.9 Å². The second-order valence-electron chi connectivity index (χ2n) is 7.37. The number of fused-ring (bicyclic) bond motifs is 1. The smallest absolute Gasteiger partial charge is 0.291 e. The standard InChI is InChI=1S/C24H22FN3O4/c1-14-21-19(27-28-23(29)15-10-12-16(31-2)13-11-15)8-5-9-20(21)32-22(14)24(30)26-18-7-4-3-6-17(18)25/h3-4,6-7,10-13H,5,8-9H2,1-2H3,(H,26,30)(H,28,29)/b27-19+. The fourth-order valence-electron chi connectivity index (χ4n) is 3.66. The van der Waals surface area contributed by atoms with Gasteiger partial charge in [-0.25, -0.2) is 9.82 Å². The van der Waals surface area contributed by atoms with Crippen molar-refractivity contribution in [1.82, 2.24) is 5.43 Å². The summed E-state index contributed by atoms with van der Waals surface area (Å²) >= 11 is 0. The van der Waals surface area contributed by atoms with E-state index < -0.39 is 11.7 Å². The number of anilines is 1. The first-order chi connectivity index (χ1) is 15.5. The summed E-state index contributed by atoms with van der Waals surface area (Å²) in [6.45, 7) is 1.75. The molecule has 32 heavy (non-hydrogen) atoms. The monoisotopic (exact) mass is 435 g/mol. The van der Waals surface area contributed by atoms with Crippen LogP contribution < -0.4 is 15.5 Å². The van der Waals surface area contributed by atoms with Crippen LogP contribution in [0.15, 0.2) is 58.0 Å². The molecule has 8 heteroatoms. The third-order valence-electron chi connectivity index (χ3n) is 5.30. The highest BCUT2D eigenvalue weighted by Crippen LogP contribution is 2.30. The van der Waals surface area contributed by atoms with Crippen LogP contribution in [-0.4, -0.2) is 24.6 Å². The number of hydrogen-bond donors (Lipinski definition) is 2. The van der Waals surface area contributed by atoms with Crippen molar-refractivity contribution < 1.29 is 23.1 Å². The minimum atomic E-state index is -0.538. The van der Waals surface area contributed by atoms with Gasteiger partial charge in [-0.05, 0) is 56.2 Å². The van der Waals surface area contributed by atoms with Crippen molar-refractivity contribution in [2.45, 2.75) is 26.2 Å². The third kappa shape index (κ3) is 4.25. The van der Waals surface area contributed by atoms with Gasteiger partial charge in [0, 0.05) is 23.1 Å². The molecule has 2 aromatic carbocycles. The second-order valence-corrected chi connectivity index (χ2v) is 7.37. The average molecular weight is 435 g/mol. The van der Waals surface area contributed by atoms with Gasteiger partial charge in [0.05, 0.1) is 18.5 Å². The Kier molecular flexibility index (Phi) is 6.02. The van der Waals surface area contributed by atoms with Crippen LogP contribution in [0.25, 0.3) is 0 Å². The Balaban J connectivity index is 1.55. The zero-order chi connectivity index (χ0) is 22.7. The van der Waals surface area contributed by atoms with Gasteiger partial charge in [0.1, 0.15) is 17.3 Å². The number of benzene rings is 2. The van der Waals surface area contributed by atoms with Crippen LogP contribution in [0.3, 0.4) is 0 Å². The molecule has 4 rings (SSSR count). The van der Waals surface area contributed by atoms with Gasteiger partial charge in [0.15, 0.2) is 5.76 Å². The molecule has 0 unspecified atom stereocenters. The van der Waals surface area contributed by atoms with Crippen LogP contribution in [0.4, 0.5) is 10.1 Å². The number of hydrogen-bond acceptors (Lipinski definition) is 5. The summed E-state index contributed by atoms with van der Waals surface area (Å²) < 4.78 is 24.8. The number of ether oxygens (including phenoxy) is 1. The minimum Gasteiger partial charge on any atom is -0.497 e. The Morgan fingerprint density at radius 2 is 1.81 bits per heavy atom. The lowest BCUT2D eigenvalue weighted by Gasteiger charge is -2.13.